The first-order valence-corrected chi connectivity index (χ1v) is 10.6. The van der Waals surface area contributed by atoms with Crippen LogP contribution < -0.4 is 11.1 Å². The highest BCUT2D eigenvalue weighted by Gasteiger charge is 2.33. The molecular formula is C19H31N3O4S. The van der Waals surface area contributed by atoms with Gasteiger partial charge >= 0.3 is 6.09 Å². The number of amides is 2. The molecule has 0 bridgehead atoms. The van der Waals surface area contributed by atoms with Gasteiger partial charge in [0.2, 0.25) is 5.91 Å². The molecule has 1 aromatic rings. The van der Waals surface area contributed by atoms with Crippen LogP contribution in [0.3, 0.4) is 0 Å². The fourth-order valence-electron chi connectivity index (χ4n) is 2.91. The van der Waals surface area contributed by atoms with Crippen LogP contribution in [0.5, 0.6) is 0 Å². The van der Waals surface area contributed by atoms with E-state index >= 15 is 0 Å². The summed E-state index contributed by atoms with van der Waals surface area (Å²) in [4.78, 5) is 25.5. The van der Waals surface area contributed by atoms with Crippen molar-refractivity contribution in [1.82, 2.24) is 10.2 Å². The zero-order chi connectivity index (χ0) is 20.6. The molecule has 2 amide bonds. The number of nitrogens with two attached hydrogens (primary N) is 1. The number of nitrogens with zero attached hydrogens (tertiary/aromatic N) is 1. The average molecular weight is 398 g/mol. The smallest absolute Gasteiger partial charge is 0.408 e. The molecule has 0 radical (unpaired) electrons. The third kappa shape index (κ3) is 8.09. The molecule has 0 spiro atoms. The summed E-state index contributed by atoms with van der Waals surface area (Å²) >= 11 is 0. The lowest BCUT2D eigenvalue weighted by atomic mass is 9.98. The summed E-state index contributed by atoms with van der Waals surface area (Å²) in [7, 11) is -1.01. The number of nitrogens with one attached hydrogen (secondary N) is 1. The third-order valence-corrected chi connectivity index (χ3v) is 4.98. The lowest BCUT2D eigenvalue weighted by Gasteiger charge is -2.40. The van der Waals surface area contributed by atoms with Gasteiger partial charge in [-0.05, 0) is 39.2 Å². The Bertz CT molecular complexity index is 646. The highest BCUT2D eigenvalue weighted by molar-refractivity contribution is 7.84. The predicted molar refractivity (Wildman–Crippen MR) is 108 cm³/mol. The van der Waals surface area contributed by atoms with Crippen molar-refractivity contribution in [2.75, 3.05) is 18.6 Å². The van der Waals surface area contributed by atoms with E-state index in [0.717, 1.165) is 5.56 Å². The topological polar surface area (TPSA) is 113 Å². The second kappa shape index (κ2) is 10.4. The summed E-state index contributed by atoms with van der Waals surface area (Å²) in [5, 5.41) is 12.5. The van der Waals surface area contributed by atoms with Gasteiger partial charge in [-0.25, -0.2) is 4.79 Å². The minimum Gasteiger partial charge on any atom is -0.465 e. The minimum atomic E-state index is -1.04. The number of carbonyl (C=O) groups excluding carboxylic acids is 1. The van der Waals surface area contributed by atoms with Crippen molar-refractivity contribution < 1.29 is 18.9 Å². The normalized spacial score (nSPS) is 14.9. The monoisotopic (exact) mass is 397 g/mol. The van der Waals surface area contributed by atoms with Crippen LogP contribution in [0, 0.1) is 0 Å². The van der Waals surface area contributed by atoms with Gasteiger partial charge in [-0.15, -0.1) is 0 Å². The maximum atomic E-state index is 12.3. The van der Waals surface area contributed by atoms with Gasteiger partial charge in [-0.1, -0.05) is 30.3 Å². The molecule has 4 N–H and O–H groups in total. The van der Waals surface area contributed by atoms with E-state index in [-0.39, 0.29) is 12.5 Å². The number of carboxylic acid groups (broad SMARTS) is 1. The molecule has 0 heterocycles. The number of rotatable bonds is 9. The average Bonchev–Trinajstić information content (AvgIpc) is 2.56. The van der Waals surface area contributed by atoms with Crippen LogP contribution in [-0.2, 0) is 22.0 Å². The van der Waals surface area contributed by atoms with Gasteiger partial charge in [-0.2, -0.15) is 0 Å². The fourth-order valence-corrected chi connectivity index (χ4v) is 3.49. The van der Waals surface area contributed by atoms with Gasteiger partial charge in [0.25, 0.3) is 0 Å². The van der Waals surface area contributed by atoms with Gasteiger partial charge in [0, 0.05) is 34.9 Å². The predicted octanol–water partition coefficient (Wildman–Crippen LogP) is 1.59. The van der Waals surface area contributed by atoms with Gasteiger partial charge in [-0.3, -0.25) is 13.9 Å². The maximum Gasteiger partial charge on any atom is 0.408 e. The molecule has 0 fully saturated rings. The Morgan fingerprint density at radius 3 is 2.33 bits per heavy atom. The molecular weight excluding hydrogens is 366 g/mol. The van der Waals surface area contributed by atoms with E-state index < -0.39 is 34.5 Å². The van der Waals surface area contributed by atoms with Crippen LogP contribution in [0.2, 0.25) is 0 Å². The Labute approximate surface area is 163 Å². The maximum absolute atomic E-state index is 12.3. The van der Waals surface area contributed by atoms with E-state index in [1.165, 1.54) is 4.90 Å². The number of carbonyl (C=O) groups is 2. The largest absolute Gasteiger partial charge is 0.465 e. The molecule has 152 valence electrons. The van der Waals surface area contributed by atoms with Crippen molar-refractivity contribution in [3.8, 4) is 0 Å². The van der Waals surface area contributed by atoms with E-state index in [1.54, 1.807) is 6.26 Å². The van der Waals surface area contributed by atoms with Crippen molar-refractivity contribution in [3.63, 3.8) is 0 Å². The minimum absolute atomic E-state index is 0.153. The molecule has 0 aromatic heterocycles. The molecule has 0 aliphatic carbocycles. The van der Waals surface area contributed by atoms with E-state index in [1.807, 2.05) is 51.1 Å². The summed E-state index contributed by atoms with van der Waals surface area (Å²) in [6.45, 7) is 5.62. The van der Waals surface area contributed by atoms with Crippen molar-refractivity contribution in [2.45, 2.75) is 51.2 Å². The number of hydrogen-bond donors (Lipinski definition) is 3. The first kappa shape index (κ1) is 23.1. The quantitative estimate of drug-likeness (QED) is 0.586. The number of hydrogen-bond acceptors (Lipinski definition) is 4. The molecule has 0 aliphatic heterocycles. The molecule has 1 rings (SSSR count). The van der Waals surface area contributed by atoms with Crippen LogP contribution >= 0.6 is 0 Å². The van der Waals surface area contributed by atoms with Crippen LogP contribution in [-0.4, -0.2) is 62.4 Å². The van der Waals surface area contributed by atoms with Crippen LogP contribution in [0.1, 0.15) is 32.8 Å². The fraction of sp³-hybridized carbons (Fsp3) is 0.579. The van der Waals surface area contributed by atoms with E-state index in [2.05, 4.69) is 5.32 Å². The van der Waals surface area contributed by atoms with Gasteiger partial charge in [0.05, 0.1) is 12.1 Å². The van der Waals surface area contributed by atoms with Gasteiger partial charge < -0.3 is 16.2 Å². The van der Waals surface area contributed by atoms with Crippen molar-refractivity contribution in [3.05, 3.63) is 35.9 Å². The standard InChI is InChI=1S/C19H31N3O4S/c1-19(2,3)22(18(24)25)15(12-14-8-6-5-7-9-14)13-21-17(23)16(20)10-11-27(4)26/h5-9,15-16H,10-13,20H2,1-4H3,(H,21,23)(H,24,25)/t15-,16+,27?/m0/s1. The molecule has 1 unspecified atom stereocenters. The summed E-state index contributed by atoms with van der Waals surface area (Å²) in [6, 6.07) is 8.34. The molecule has 1 aromatic carbocycles. The molecule has 7 nitrogen and oxygen atoms in total. The Balaban J connectivity index is 2.89. The molecule has 0 saturated heterocycles. The van der Waals surface area contributed by atoms with Gasteiger partial charge in [0.15, 0.2) is 0 Å². The first-order valence-electron chi connectivity index (χ1n) is 8.92. The Morgan fingerprint density at radius 2 is 1.85 bits per heavy atom. The first-order chi connectivity index (χ1) is 12.5. The molecule has 0 aliphatic rings. The summed E-state index contributed by atoms with van der Waals surface area (Å²) < 4.78 is 11.2. The molecule has 3 atom stereocenters. The molecule has 27 heavy (non-hydrogen) atoms. The molecule has 0 saturated carbocycles. The highest BCUT2D eigenvalue weighted by atomic mass is 32.2. The third-order valence-electron chi connectivity index (χ3n) is 4.17. The summed E-state index contributed by atoms with van der Waals surface area (Å²) in [6.07, 6.45) is 1.32. The zero-order valence-corrected chi connectivity index (χ0v) is 17.3. The second-order valence-corrected chi connectivity index (χ2v) is 9.14. The summed E-state index contributed by atoms with van der Waals surface area (Å²) in [5.41, 5.74) is 6.21. The van der Waals surface area contributed by atoms with Crippen LogP contribution in [0.25, 0.3) is 0 Å². The van der Waals surface area contributed by atoms with E-state index in [0.29, 0.717) is 18.6 Å². The SMILES string of the molecule is CS(=O)CC[C@@H](N)C(=O)NC[C@H](Cc1ccccc1)N(C(=O)O)C(C)(C)C. The zero-order valence-electron chi connectivity index (χ0n) is 16.5. The second-order valence-electron chi connectivity index (χ2n) is 7.58. The highest BCUT2D eigenvalue weighted by Crippen LogP contribution is 2.20. The van der Waals surface area contributed by atoms with Crippen LogP contribution in [0.4, 0.5) is 4.79 Å². The van der Waals surface area contributed by atoms with Crippen molar-refractivity contribution in [2.24, 2.45) is 5.73 Å². The van der Waals surface area contributed by atoms with E-state index in [9.17, 15) is 18.9 Å². The number of benzene rings is 1. The summed E-state index contributed by atoms with van der Waals surface area (Å²) in [5.74, 6) is -0.0107. The Kier molecular flexibility index (Phi) is 8.92. The van der Waals surface area contributed by atoms with E-state index in [4.69, 9.17) is 5.73 Å². The van der Waals surface area contributed by atoms with Crippen molar-refractivity contribution >= 4 is 22.8 Å². The van der Waals surface area contributed by atoms with Crippen molar-refractivity contribution in [1.29, 1.82) is 0 Å². The Hall–Kier alpha value is -1.93. The lowest BCUT2D eigenvalue weighted by Crippen LogP contribution is -2.56. The Morgan fingerprint density at radius 1 is 1.26 bits per heavy atom. The van der Waals surface area contributed by atoms with Crippen LogP contribution in [0.15, 0.2) is 30.3 Å². The molecule has 8 heteroatoms. The van der Waals surface area contributed by atoms with Gasteiger partial charge in [0.1, 0.15) is 0 Å². The lowest BCUT2D eigenvalue weighted by molar-refractivity contribution is -0.122.